The summed E-state index contributed by atoms with van der Waals surface area (Å²) in [5, 5.41) is 11.3. The summed E-state index contributed by atoms with van der Waals surface area (Å²) in [5.41, 5.74) is 8.16. The Morgan fingerprint density at radius 1 is 0.724 bits per heavy atom. The number of benzene rings is 4. The highest BCUT2D eigenvalue weighted by Crippen LogP contribution is 2.41. The second-order valence-electron chi connectivity index (χ2n) is 7.67. The van der Waals surface area contributed by atoms with E-state index in [-0.39, 0.29) is 6.61 Å². The third-order valence-corrected chi connectivity index (χ3v) is 5.79. The summed E-state index contributed by atoms with van der Waals surface area (Å²) in [4.78, 5) is 0. The van der Waals surface area contributed by atoms with E-state index in [1.165, 1.54) is 44.2 Å². The normalized spacial score (nSPS) is 12.0. The fourth-order valence-electron chi connectivity index (χ4n) is 4.31. The lowest BCUT2D eigenvalue weighted by molar-refractivity contribution is 0.253. The summed E-state index contributed by atoms with van der Waals surface area (Å²) in [6, 6.07) is 28.3. The van der Waals surface area contributed by atoms with E-state index in [4.69, 9.17) is 9.84 Å². The second kappa shape index (κ2) is 7.73. The van der Waals surface area contributed by atoms with Gasteiger partial charge in [0.05, 0.1) is 6.61 Å². The van der Waals surface area contributed by atoms with Crippen LogP contribution in [0.2, 0.25) is 0 Å². The number of fused-ring (bicyclic) bond motifs is 4. The average molecular weight is 380 g/mol. The van der Waals surface area contributed by atoms with E-state index in [9.17, 15) is 0 Å². The van der Waals surface area contributed by atoms with E-state index >= 15 is 0 Å². The van der Waals surface area contributed by atoms with Crippen molar-refractivity contribution in [2.45, 2.75) is 19.3 Å². The van der Waals surface area contributed by atoms with Gasteiger partial charge in [0.1, 0.15) is 5.75 Å². The first kappa shape index (κ1) is 18.0. The minimum Gasteiger partial charge on any atom is -0.494 e. The molecular weight excluding hydrogens is 356 g/mol. The number of ether oxygens (including phenoxy) is 1. The Morgan fingerprint density at radius 3 is 2.45 bits per heavy atom. The number of aliphatic hydroxyl groups is 1. The van der Waals surface area contributed by atoms with Crippen LogP contribution in [0.3, 0.4) is 0 Å². The van der Waals surface area contributed by atoms with Gasteiger partial charge in [0, 0.05) is 6.61 Å². The van der Waals surface area contributed by atoms with Crippen LogP contribution in [-0.2, 0) is 6.42 Å². The molecule has 0 atom stereocenters. The molecule has 0 bridgehead atoms. The van der Waals surface area contributed by atoms with Crippen molar-refractivity contribution in [3.63, 3.8) is 0 Å². The minimum absolute atomic E-state index is 0.220. The summed E-state index contributed by atoms with van der Waals surface area (Å²) in [7, 11) is 0. The molecule has 5 rings (SSSR count). The lowest BCUT2D eigenvalue weighted by Crippen LogP contribution is -1.98. The molecule has 0 heterocycles. The van der Waals surface area contributed by atoms with Gasteiger partial charge in [0.2, 0.25) is 0 Å². The Kier molecular flexibility index (Phi) is 4.79. The highest BCUT2D eigenvalue weighted by atomic mass is 16.5. The molecule has 2 nitrogen and oxygen atoms in total. The molecule has 1 aliphatic carbocycles. The Hall–Kier alpha value is -3.10. The summed E-state index contributed by atoms with van der Waals surface area (Å²) >= 11 is 0. The van der Waals surface area contributed by atoms with E-state index in [2.05, 4.69) is 72.8 Å². The third-order valence-electron chi connectivity index (χ3n) is 5.79. The number of rotatable bonds is 6. The van der Waals surface area contributed by atoms with Crippen molar-refractivity contribution in [3.05, 3.63) is 90.0 Å². The molecule has 29 heavy (non-hydrogen) atoms. The Labute approximate surface area is 171 Å². The Morgan fingerprint density at radius 2 is 1.52 bits per heavy atom. The van der Waals surface area contributed by atoms with Gasteiger partial charge in [-0.2, -0.15) is 0 Å². The van der Waals surface area contributed by atoms with Crippen molar-refractivity contribution >= 4 is 10.8 Å². The van der Waals surface area contributed by atoms with Gasteiger partial charge >= 0.3 is 0 Å². The van der Waals surface area contributed by atoms with Crippen molar-refractivity contribution in [2.24, 2.45) is 0 Å². The molecule has 1 N–H and O–H groups in total. The summed E-state index contributed by atoms with van der Waals surface area (Å²) in [6.45, 7) is 0.860. The first-order valence-corrected chi connectivity index (χ1v) is 10.3. The molecule has 4 aromatic rings. The molecule has 0 aromatic heterocycles. The monoisotopic (exact) mass is 380 g/mol. The van der Waals surface area contributed by atoms with Crippen LogP contribution in [0.15, 0.2) is 78.9 Å². The number of hydrogen-bond donors (Lipinski definition) is 1. The van der Waals surface area contributed by atoms with Gasteiger partial charge in [-0.25, -0.2) is 0 Å². The van der Waals surface area contributed by atoms with Crippen molar-refractivity contribution in [3.8, 4) is 28.0 Å². The molecule has 0 radical (unpaired) electrons. The molecule has 144 valence electrons. The largest absolute Gasteiger partial charge is 0.494 e. The topological polar surface area (TPSA) is 29.5 Å². The molecule has 0 saturated heterocycles. The van der Waals surface area contributed by atoms with E-state index in [0.717, 1.165) is 25.0 Å². The predicted molar refractivity (Wildman–Crippen MR) is 119 cm³/mol. The van der Waals surface area contributed by atoms with Gasteiger partial charge in [0.25, 0.3) is 0 Å². The van der Waals surface area contributed by atoms with Crippen molar-refractivity contribution < 1.29 is 9.84 Å². The predicted octanol–water partition coefficient (Wildman–Crippen LogP) is 6.23. The minimum atomic E-state index is 0.220. The zero-order valence-corrected chi connectivity index (χ0v) is 16.4. The molecule has 1 aliphatic rings. The van der Waals surface area contributed by atoms with Crippen molar-refractivity contribution in [2.75, 3.05) is 13.2 Å². The molecular formula is C27H24O2. The van der Waals surface area contributed by atoms with E-state index in [0.29, 0.717) is 6.61 Å². The van der Waals surface area contributed by atoms with E-state index in [1.807, 2.05) is 6.07 Å². The molecule has 0 unspecified atom stereocenters. The Balaban J connectivity index is 1.46. The van der Waals surface area contributed by atoms with Crippen LogP contribution in [0, 0.1) is 0 Å². The fourth-order valence-corrected chi connectivity index (χ4v) is 4.31. The van der Waals surface area contributed by atoms with Crippen LogP contribution in [0.1, 0.15) is 24.0 Å². The summed E-state index contributed by atoms with van der Waals surface area (Å²) in [5.74, 6) is 0.888. The number of hydrogen-bond acceptors (Lipinski definition) is 2. The Bertz CT molecular complexity index is 1180. The van der Waals surface area contributed by atoms with Gasteiger partial charge < -0.3 is 9.84 Å². The smallest absolute Gasteiger partial charge is 0.119 e. The van der Waals surface area contributed by atoms with Gasteiger partial charge in [-0.1, -0.05) is 60.7 Å². The molecule has 0 fully saturated rings. The highest BCUT2D eigenvalue weighted by molar-refractivity contribution is 5.91. The molecule has 0 saturated carbocycles. The van der Waals surface area contributed by atoms with Gasteiger partial charge in [-0.3, -0.25) is 0 Å². The van der Waals surface area contributed by atoms with Crippen LogP contribution in [-0.4, -0.2) is 18.3 Å². The first-order chi connectivity index (χ1) is 14.3. The van der Waals surface area contributed by atoms with Gasteiger partial charge in [-0.05, 0) is 81.6 Å². The van der Waals surface area contributed by atoms with Gasteiger partial charge in [-0.15, -0.1) is 0 Å². The van der Waals surface area contributed by atoms with Gasteiger partial charge in [0.15, 0.2) is 0 Å². The van der Waals surface area contributed by atoms with Crippen LogP contribution in [0.4, 0.5) is 0 Å². The molecule has 2 heteroatoms. The quantitative estimate of drug-likeness (QED) is 0.354. The maximum absolute atomic E-state index is 8.88. The van der Waals surface area contributed by atoms with E-state index in [1.54, 1.807) is 0 Å². The highest BCUT2D eigenvalue weighted by Gasteiger charge is 2.20. The number of aliphatic hydroxyl groups excluding tert-OH is 1. The van der Waals surface area contributed by atoms with Crippen molar-refractivity contribution in [1.29, 1.82) is 0 Å². The fraction of sp³-hybridized carbons (Fsp3) is 0.185. The second-order valence-corrected chi connectivity index (χ2v) is 7.67. The zero-order valence-electron chi connectivity index (χ0n) is 16.4. The van der Waals surface area contributed by atoms with Crippen LogP contribution in [0.5, 0.6) is 5.75 Å². The molecule has 4 aromatic carbocycles. The van der Waals surface area contributed by atoms with Crippen LogP contribution < -0.4 is 4.74 Å². The van der Waals surface area contributed by atoms with E-state index < -0.39 is 0 Å². The molecule has 0 aliphatic heterocycles. The van der Waals surface area contributed by atoms with Crippen LogP contribution >= 0.6 is 0 Å². The zero-order chi connectivity index (χ0) is 19.6. The van der Waals surface area contributed by atoms with Crippen molar-refractivity contribution in [1.82, 2.24) is 0 Å². The molecule has 0 amide bonds. The SMILES string of the molecule is OCCCCOc1ccc2cc(-c3cccc4c3Cc3ccccc3-4)ccc2c1. The maximum Gasteiger partial charge on any atom is 0.119 e. The summed E-state index contributed by atoms with van der Waals surface area (Å²) < 4.78 is 5.82. The first-order valence-electron chi connectivity index (χ1n) is 10.3. The number of unbranched alkanes of at least 4 members (excludes halogenated alkanes) is 1. The third kappa shape index (κ3) is 3.41. The standard InChI is InChI=1S/C27H24O2/c28-14-3-4-15-29-23-13-12-19-16-22(11-10-20(19)17-23)25-8-5-9-26-24-7-2-1-6-21(24)18-27(25)26/h1-2,5-13,16-17,28H,3-4,14-15,18H2. The van der Waals surface area contributed by atoms with Crippen LogP contribution in [0.25, 0.3) is 33.0 Å². The molecule has 0 spiro atoms. The maximum atomic E-state index is 8.88. The lowest BCUT2D eigenvalue weighted by atomic mass is 9.94. The average Bonchev–Trinajstić information content (AvgIpc) is 3.15. The summed E-state index contributed by atoms with van der Waals surface area (Å²) in [6.07, 6.45) is 2.65. The lowest BCUT2D eigenvalue weighted by Gasteiger charge is -2.11.